The zero-order chi connectivity index (χ0) is 11.3. The van der Waals surface area contributed by atoms with Crippen LogP contribution in [0.25, 0.3) is 0 Å². The maximum Gasteiger partial charge on any atom is 0.323 e. The molecule has 1 rings (SSSR count). The third-order valence-corrected chi connectivity index (χ3v) is 2.86. The van der Waals surface area contributed by atoms with E-state index in [0.717, 1.165) is 19.0 Å². The third-order valence-electron chi connectivity index (χ3n) is 2.86. The predicted octanol–water partition coefficient (Wildman–Crippen LogP) is 0.622. The van der Waals surface area contributed by atoms with Crippen molar-refractivity contribution >= 4 is 5.97 Å². The van der Waals surface area contributed by atoms with Crippen LogP contribution in [0.4, 0.5) is 0 Å². The van der Waals surface area contributed by atoms with Gasteiger partial charge in [-0.15, -0.1) is 0 Å². The average molecular weight is 214 g/mol. The van der Waals surface area contributed by atoms with Crippen molar-refractivity contribution < 1.29 is 9.53 Å². The molecule has 0 bridgehead atoms. The van der Waals surface area contributed by atoms with Crippen molar-refractivity contribution in [2.24, 2.45) is 0 Å². The summed E-state index contributed by atoms with van der Waals surface area (Å²) >= 11 is 0. The van der Waals surface area contributed by atoms with Crippen LogP contribution in [-0.4, -0.2) is 50.2 Å². The van der Waals surface area contributed by atoms with E-state index >= 15 is 0 Å². The van der Waals surface area contributed by atoms with Crippen LogP contribution in [0.3, 0.4) is 0 Å². The van der Waals surface area contributed by atoms with E-state index in [1.165, 1.54) is 12.8 Å². The average Bonchev–Trinajstić information content (AvgIpc) is 3.02. The van der Waals surface area contributed by atoms with E-state index in [4.69, 9.17) is 4.74 Å². The molecule has 0 saturated heterocycles. The first-order valence-corrected chi connectivity index (χ1v) is 5.73. The first kappa shape index (κ1) is 12.5. The van der Waals surface area contributed by atoms with Crippen molar-refractivity contribution in [3.63, 3.8) is 0 Å². The van der Waals surface area contributed by atoms with Gasteiger partial charge in [-0.05, 0) is 40.3 Å². The number of carbonyl (C=O) groups excluding carboxylic acids is 1. The minimum atomic E-state index is -0.161. The van der Waals surface area contributed by atoms with E-state index in [-0.39, 0.29) is 12.0 Å². The molecule has 0 heterocycles. The highest BCUT2D eigenvalue weighted by Crippen LogP contribution is 2.25. The van der Waals surface area contributed by atoms with E-state index in [1.54, 1.807) is 7.05 Å². The topological polar surface area (TPSA) is 41.6 Å². The zero-order valence-electron chi connectivity index (χ0n) is 9.95. The van der Waals surface area contributed by atoms with Gasteiger partial charge >= 0.3 is 5.97 Å². The fourth-order valence-electron chi connectivity index (χ4n) is 1.65. The molecule has 1 N–H and O–H groups in total. The smallest absolute Gasteiger partial charge is 0.323 e. The molecule has 88 valence electrons. The minimum Gasteiger partial charge on any atom is -0.465 e. The molecule has 4 heteroatoms. The minimum absolute atomic E-state index is 0.135. The summed E-state index contributed by atoms with van der Waals surface area (Å²) in [4.78, 5) is 13.8. The Morgan fingerprint density at radius 3 is 2.73 bits per heavy atom. The molecule has 1 aliphatic rings. The summed E-state index contributed by atoms with van der Waals surface area (Å²) in [6.45, 7) is 3.24. The van der Waals surface area contributed by atoms with Gasteiger partial charge in [0.2, 0.25) is 0 Å². The molecule has 1 fully saturated rings. The Kier molecular flexibility index (Phi) is 5.05. The van der Waals surface area contributed by atoms with Crippen molar-refractivity contribution in [2.45, 2.75) is 38.3 Å². The van der Waals surface area contributed by atoms with Crippen LogP contribution in [0, 0.1) is 0 Å². The lowest BCUT2D eigenvalue weighted by Gasteiger charge is -2.19. The van der Waals surface area contributed by atoms with Gasteiger partial charge in [0.15, 0.2) is 0 Å². The number of hydrogen-bond acceptors (Lipinski definition) is 4. The van der Waals surface area contributed by atoms with Crippen LogP contribution in [-0.2, 0) is 9.53 Å². The largest absolute Gasteiger partial charge is 0.465 e. The van der Waals surface area contributed by atoms with Gasteiger partial charge in [0, 0.05) is 12.6 Å². The molecule has 0 radical (unpaired) electrons. The zero-order valence-corrected chi connectivity index (χ0v) is 9.95. The molecule has 15 heavy (non-hydrogen) atoms. The van der Waals surface area contributed by atoms with Crippen molar-refractivity contribution in [1.82, 2.24) is 10.2 Å². The molecule has 0 spiro atoms. The summed E-state index contributed by atoms with van der Waals surface area (Å²) in [5.74, 6) is -0.135. The lowest BCUT2D eigenvalue weighted by molar-refractivity contribution is -0.145. The predicted molar refractivity (Wildman–Crippen MR) is 59.7 cm³/mol. The van der Waals surface area contributed by atoms with Crippen molar-refractivity contribution in [1.29, 1.82) is 0 Å². The van der Waals surface area contributed by atoms with Gasteiger partial charge in [0.1, 0.15) is 6.04 Å². The highest BCUT2D eigenvalue weighted by Gasteiger charge is 2.27. The fourth-order valence-corrected chi connectivity index (χ4v) is 1.65. The van der Waals surface area contributed by atoms with Crippen LogP contribution in [0.5, 0.6) is 0 Å². The molecule has 0 aromatic carbocycles. The Bertz CT molecular complexity index is 205. The summed E-state index contributed by atoms with van der Waals surface area (Å²) < 4.78 is 4.98. The summed E-state index contributed by atoms with van der Waals surface area (Å²) in [5.41, 5.74) is 0. The fraction of sp³-hybridized carbons (Fsp3) is 0.909. The van der Waals surface area contributed by atoms with E-state index in [2.05, 4.69) is 17.3 Å². The summed E-state index contributed by atoms with van der Waals surface area (Å²) in [6, 6.07) is 0.593. The third kappa shape index (κ3) is 4.18. The van der Waals surface area contributed by atoms with Crippen molar-refractivity contribution in [2.75, 3.05) is 27.2 Å². The molecule has 1 unspecified atom stereocenters. The molecule has 4 nitrogen and oxygen atoms in total. The first-order chi connectivity index (χ1) is 7.19. The number of carbonyl (C=O) groups is 1. The normalized spacial score (nSPS) is 17.9. The van der Waals surface area contributed by atoms with Crippen LogP contribution in [0.2, 0.25) is 0 Å². The number of hydrogen-bond donors (Lipinski definition) is 1. The molecule has 1 atom stereocenters. The number of nitrogens with one attached hydrogen (secondary N) is 1. The number of nitrogens with zero attached hydrogens (tertiary/aromatic N) is 1. The summed E-state index contributed by atoms with van der Waals surface area (Å²) in [6.07, 6.45) is 3.43. The van der Waals surface area contributed by atoms with Crippen molar-refractivity contribution in [3.05, 3.63) is 0 Å². The Balaban J connectivity index is 2.22. The Morgan fingerprint density at radius 2 is 2.27 bits per heavy atom. The van der Waals surface area contributed by atoms with Crippen LogP contribution < -0.4 is 5.32 Å². The molecule has 0 aromatic heterocycles. The van der Waals surface area contributed by atoms with E-state index < -0.39 is 0 Å². The van der Waals surface area contributed by atoms with E-state index in [0.29, 0.717) is 6.61 Å². The highest BCUT2D eigenvalue weighted by molar-refractivity contribution is 5.75. The van der Waals surface area contributed by atoms with Gasteiger partial charge < -0.3 is 15.0 Å². The number of likely N-dealkylation sites (N-methyl/N-ethyl adjacent to an activating group) is 1. The van der Waals surface area contributed by atoms with Gasteiger partial charge in [0.25, 0.3) is 0 Å². The number of ether oxygens (including phenoxy) is 1. The second-order valence-electron chi connectivity index (χ2n) is 4.09. The molecule has 0 aromatic rings. The van der Waals surface area contributed by atoms with E-state index in [9.17, 15) is 4.79 Å². The second kappa shape index (κ2) is 6.08. The lowest BCUT2D eigenvalue weighted by atomic mass is 10.2. The second-order valence-corrected chi connectivity index (χ2v) is 4.09. The molecule has 1 saturated carbocycles. The molecular weight excluding hydrogens is 192 g/mol. The Morgan fingerprint density at radius 1 is 1.60 bits per heavy atom. The maximum atomic E-state index is 11.5. The highest BCUT2D eigenvalue weighted by atomic mass is 16.5. The van der Waals surface area contributed by atoms with Gasteiger partial charge in [-0.3, -0.25) is 4.79 Å². The molecule has 0 aliphatic heterocycles. The quantitative estimate of drug-likeness (QED) is 0.631. The van der Waals surface area contributed by atoms with Crippen LogP contribution >= 0.6 is 0 Å². The van der Waals surface area contributed by atoms with Crippen LogP contribution in [0.15, 0.2) is 0 Å². The van der Waals surface area contributed by atoms with Gasteiger partial charge in [-0.25, -0.2) is 0 Å². The standard InChI is InChI=1S/C11H22N2O2/c1-4-15-11(14)10(12-2)7-8-13(3)9-5-6-9/h9-10,12H,4-8H2,1-3H3. The Labute approximate surface area is 92.0 Å². The first-order valence-electron chi connectivity index (χ1n) is 5.73. The van der Waals surface area contributed by atoms with Crippen LogP contribution in [0.1, 0.15) is 26.2 Å². The summed E-state index contributed by atoms with van der Waals surface area (Å²) in [7, 11) is 3.92. The molecule has 0 amide bonds. The number of rotatable bonds is 7. The van der Waals surface area contributed by atoms with Crippen molar-refractivity contribution in [3.8, 4) is 0 Å². The molecular formula is C11H22N2O2. The monoisotopic (exact) mass is 214 g/mol. The van der Waals surface area contributed by atoms with Gasteiger partial charge in [0.05, 0.1) is 6.61 Å². The van der Waals surface area contributed by atoms with Gasteiger partial charge in [-0.1, -0.05) is 0 Å². The lowest BCUT2D eigenvalue weighted by Crippen LogP contribution is -2.38. The number of esters is 1. The van der Waals surface area contributed by atoms with Gasteiger partial charge in [-0.2, -0.15) is 0 Å². The summed E-state index contributed by atoms with van der Waals surface area (Å²) in [5, 5.41) is 3.00. The molecule has 1 aliphatic carbocycles. The maximum absolute atomic E-state index is 11.5. The Hall–Kier alpha value is -0.610. The SMILES string of the molecule is CCOC(=O)C(CCN(C)C1CC1)NC. The van der Waals surface area contributed by atoms with E-state index in [1.807, 2.05) is 6.92 Å².